The van der Waals surface area contributed by atoms with Gasteiger partial charge in [0.15, 0.2) is 17.2 Å². The summed E-state index contributed by atoms with van der Waals surface area (Å²) >= 11 is 3.50. The summed E-state index contributed by atoms with van der Waals surface area (Å²) in [7, 11) is 3.28. The van der Waals surface area contributed by atoms with Crippen LogP contribution in [0.3, 0.4) is 0 Å². The van der Waals surface area contributed by atoms with E-state index in [4.69, 9.17) is 14.6 Å². The van der Waals surface area contributed by atoms with Crippen molar-refractivity contribution in [1.82, 2.24) is 14.7 Å². The van der Waals surface area contributed by atoms with Crippen molar-refractivity contribution in [3.8, 4) is 28.4 Å². The summed E-state index contributed by atoms with van der Waals surface area (Å²) < 4.78 is 14.0. The van der Waals surface area contributed by atoms with Crippen molar-refractivity contribution < 1.29 is 14.3 Å². The number of likely N-dealkylation sites (tertiary alicyclic amines) is 1. The third-order valence-electron chi connectivity index (χ3n) is 6.13. The van der Waals surface area contributed by atoms with E-state index in [9.17, 15) is 4.79 Å². The van der Waals surface area contributed by atoms with Gasteiger partial charge in [0.05, 0.1) is 25.6 Å². The Hall–Kier alpha value is -2.80. The second kappa shape index (κ2) is 8.04. The normalized spacial score (nSPS) is 14.9. The molecule has 2 aromatic carbocycles. The van der Waals surface area contributed by atoms with E-state index in [0.29, 0.717) is 23.6 Å². The summed E-state index contributed by atoms with van der Waals surface area (Å²) in [5.74, 6) is 1.39. The van der Waals surface area contributed by atoms with Crippen LogP contribution in [-0.2, 0) is 6.42 Å². The zero-order valence-corrected chi connectivity index (χ0v) is 19.2. The largest absolute Gasteiger partial charge is 0.493 e. The number of carbonyl (C=O) groups is 1. The molecular weight excluding hydrogens is 458 g/mol. The molecule has 2 heterocycles. The number of nitrogens with zero attached hydrogens (tertiary/aromatic N) is 3. The van der Waals surface area contributed by atoms with Gasteiger partial charge in [-0.05, 0) is 61.2 Å². The summed E-state index contributed by atoms with van der Waals surface area (Å²) in [6.07, 6.45) is 3.93. The topological polar surface area (TPSA) is 56.6 Å². The molecule has 0 radical (unpaired) electrons. The van der Waals surface area contributed by atoms with E-state index in [1.54, 1.807) is 14.2 Å². The highest BCUT2D eigenvalue weighted by Crippen LogP contribution is 2.45. The van der Waals surface area contributed by atoms with Crippen LogP contribution in [0.1, 0.15) is 40.9 Å². The molecule has 5 rings (SSSR count). The Labute approximate surface area is 189 Å². The van der Waals surface area contributed by atoms with Crippen LogP contribution in [0.25, 0.3) is 16.9 Å². The first-order valence-corrected chi connectivity index (χ1v) is 11.3. The Bertz CT molecular complexity index is 1150. The highest BCUT2D eigenvalue weighted by molar-refractivity contribution is 9.10. The van der Waals surface area contributed by atoms with Crippen LogP contribution < -0.4 is 9.47 Å². The van der Waals surface area contributed by atoms with Gasteiger partial charge in [-0.1, -0.05) is 15.9 Å². The van der Waals surface area contributed by atoms with Crippen LogP contribution in [0.2, 0.25) is 0 Å². The Balaban J connectivity index is 1.68. The van der Waals surface area contributed by atoms with Crippen molar-refractivity contribution in [3.05, 3.63) is 57.7 Å². The lowest BCUT2D eigenvalue weighted by Gasteiger charge is -2.26. The first kappa shape index (κ1) is 20.1. The standard InChI is InChI=1S/C24H24BrN3O3/c1-30-20-13-15-12-19-22(24(29)27-10-4-3-5-11-27)26-28(17-8-6-16(25)7-9-17)23(19)18(15)14-21(20)31-2/h6-9,13-14H,3-5,10-12H2,1-2H3. The molecule has 0 saturated carbocycles. The van der Waals surface area contributed by atoms with Crippen molar-refractivity contribution in [2.24, 2.45) is 0 Å². The van der Waals surface area contributed by atoms with Crippen LogP contribution in [0.5, 0.6) is 11.5 Å². The molecule has 160 valence electrons. The summed E-state index contributed by atoms with van der Waals surface area (Å²) in [5, 5.41) is 4.84. The van der Waals surface area contributed by atoms with Gasteiger partial charge in [-0.2, -0.15) is 5.10 Å². The predicted molar refractivity (Wildman–Crippen MR) is 122 cm³/mol. The molecule has 1 aromatic heterocycles. The van der Waals surface area contributed by atoms with Gasteiger partial charge in [0.1, 0.15) is 0 Å². The molecule has 7 heteroatoms. The molecule has 1 fully saturated rings. The SMILES string of the molecule is COc1cc2c(cc1OC)-c1c(c(C(=O)N3CCCCC3)nn1-c1ccc(Br)cc1)C2. The minimum absolute atomic E-state index is 0.0264. The van der Waals surface area contributed by atoms with Crippen LogP contribution in [0.4, 0.5) is 0 Å². The van der Waals surface area contributed by atoms with E-state index in [1.165, 1.54) is 6.42 Å². The molecule has 2 aliphatic rings. The lowest BCUT2D eigenvalue weighted by Crippen LogP contribution is -2.36. The summed E-state index contributed by atoms with van der Waals surface area (Å²) in [5.41, 5.74) is 5.54. The Morgan fingerprint density at radius 3 is 2.35 bits per heavy atom. The average Bonchev–Trinajstić information content (AvgIpc) is 3.35. The van der Waals surface area contributed by atoms with Gasteiger partial charge in [0.2, 0.25) is 0 Å². The molecule has 1 aliphatic heterocycles. The van der Waals surface area contributed by atoms with Crippen molar-refractivity contribution in [2.75, 3.05) is 27.3 Å². The van der Waals surface area contributed by atoms with Crippen molar-refractivity contribution >= 4 is 21.8 Å². The molecule has 1 amide bonds. The molecular formula is C24H24BrN3O3. The molecule has 1 saturated heterocycles. The fourth-order valence-electron chi connectivity index (χ4n) is 4.56. The number of benzene rings is 2. The highest BCUT2D eigenvalue weighted by atomic mass is 79.9. The number of halogens is 1. The van der Waals surface area contributed by atoms with E-state index >= 15 is 0 Å². The lowest BCUT2D eigenvalue weighted by atomic mass is 10.1. The molecule has 3 aromatic rings. The summed E-state index contributed by atoms with van der Waals surface area (Å²) in [6.45, 7) is 1.60. The minimum Gasteiger partial charge on any atom is -0.493 e. The monoisotopic (exact) mass is 481 g/mol. The van der Waals surface area contributed by atoms with Gasteiger partial charge in [0, 0.05) is 35.1 Å². The van der Waals surface area contributed by atoms with Crippen LogP contribution in [0, 0.1) is 0 Å². The van der Waals surface area contributed by atoms with E-state index in [0.717, 1.165) is 58.5 Å². The van der Waals surface area contributed by atoms with Gasteiger partial charge in [-0.15, -0.1) is 0 Å². The number of aromatic nitrogens is 2. The second-order valence-electron chi connectivity index (χ2n) is 7.96. The lowest BCUT2D eigenvalue weighted by molar-refractivity contribution is 0.0717. The fourth-order valence-corrected chi connectivity index (χ4v) is 4.82. The quantitative estimate of drug-likeness (QED) is 0.418. The second-order valence-corrected chi connectivity index (χ2v) is 8.87. The summed E-state index contributed by atoms with van der Waals surface area (Å²) in [6, 6.07) is 12.0. The van der Waals surface area contributed by atoms with Crippen LogP contribution >= 0.6 is 15.9 Å². The number of methoxy groups -OCH3 is 2. The maximum Gasteiger partial charge on any atom is 0.274 e. The maximum atomic E-state index is 13.4. The third kappa shape index (κ3) is 3.41. The molecule has 0 bridgehead atoms. The van der Waals surface area contributed by atoms with E-state index in [-0.39, 0.29) is 5.91 Å². The van der Waals surface area contributed by atoms with Gasteiger partial charge in [-0.3, -0.25) is 4.79 Å². The Kier molecular flexibility index (Phi) is 5.22. The van der Waals surface area contributed by atoms with E-state index < -0.39 is 0 Å². The molecule has 0 N–H and O–H groups in total. The number of fused-ring (bicyclic) bond motifs is 3. The Morgan fingerprint density at radius 1 is 1.00 bits per heavy atom. The fraction of sp³-hybridized carbons (Fsp3) is 0.333. The van der Waals surface area contributed by atoms with Crippen LogP contribution in [0.15, 0.2) is 40.9 Å². The van der Waals surface area contributed by atoms with E-state index in [2.05, 4.69) is 15.9 Å². The first-order valence-electron chi connectivity index (χ1n) is 10.5. The number of rotatable bonds is 4. The Morgan fingerprint density at radius 2 is 1.68 bits per heavy atom. The van der Waals surface area contributed by atoms with Crippen molar-refractivity contribution in [2.45, 2.75) is 25.7 Å². The number of carbonyl (C=O) groups excluding carboxylic acids is 1. The van der Waals surface area contributed by atoms with E-state index in [1.807, 2.05) is 46.0 Å². The first-order chi connectivity index (χ1) is 15.1. The van der Waals surface area contributed by atoms with Gasteiger partial charge >= 0.3 is 0 Å². The molecule has 1 aliphatic carbocycles. The third-order valence-corrected chi connectivity index (χ3v) is 6.66. The smallest absolute Gasteiger partial charge is 0.274 e. The average molecular weight is 482 g/mol. The van der Waals surface area contributed by atoms with Crippen molar-refractivity contribution in [1.29, 1.82) is 0 Å². The molecule has 0 atom stereocenters. The van der Waals surface area contributed by atoms with Crippen LogP contribution in [-0.4, -0.2) is 47.9 Å². The molecule has 0 unspecified atom stereocenters. The number of amides is 1. The van der Waals surface area contributed by atoms with Gasteiger partial charge in [-0.25, -0.2) is 4.68 Å². The number of ether oxygens (including phenoxy) is 2. The summed E-state index contributed by atoms with van der Waals surface area (Å²) in [4.78, 5) is 15.4. The maximum absolute atomic E-state index is 13.4. The zero-order valence-electron chi connectivity index (χ0n) is 17.7. The zero-order chi connectivity index (χ0) is 21.5. The molecule has 31 heavy (non-hydrogen) atoms. The number of hydrogen-bond donors (Lipinski definition) is 0. The predicted octanol–water partition coefficient (Wildman–Crippen LogP) is 4.85. The minimum atomic E-state index is 0.0264. The number of hydrogen-bond acceptors (Lipinski definition) is 4. The highest BCUT2D eigenvalue weighted by Gasteiger charge is 2.34. The van der Waals surface area contributed by atoms with Gasteiger partial charge < -0.3 is 14.4 Å². The number of piperidine rings is 1. The molecule has 0 spiro atoms. The van der Waals surface area contributed by atoms with Gasteiger partial charge in [0.25, 0.3) is 5.91 Å². The molecule has 6 nitrogen and oxygen atoms in total. The van der Waals surface area contributed by atoms with Crippen molar-refractivity contribution in [3.63, 3.8) is 0 Å².